The summed E-state index contributed by atoms with van der Waals surface area (Å²) < 4.78 is 0. The third-order valence-electron chi connectivity index (χ3n) is 6.39. The maximum Gasteiger partial charge on any atom is 0.242 e. The lowest BCUT2D eigenvalue weighted by Gasteiger charge is -2.35. The van der Waals surface area contributed by atoms with Gasteiger partial charge >= 0.3 is 0 Å². The normalized spacial score (nSPS) is 17.8. The van der Waals surface area contributed by atoms with Gasteiger partial charge in [0.05, 0.1) is 19.0 Å². The van der Waals surface area contributed by atoms with E-state index in [0.29, 0.717) is 31.2 Å². The summed E-state index contributed by atoms with van der Waals surface area (Å²) in [6, 6.07) is 10.0. The van der Waals surface area contributed by atoms with Gasteiger partial charge in [0, 0.05) is 31.3 Å². The third kappa shape index (κ3) is 5.21. The van der Waals surface area contributed by atoms with Gasteiger partial charge in [-0.2, -0.15) is 0 Å². The summed E-state index contributed by atoms with van der Waals surface area (Å²) >= 11 is 0. The van der Waals surface area contributed by atoms with Gasteiger partial charge in [-0.05, 0) is 44.6 Å². The van der Waals surface area contributed by atoms with E-state index in [1.54, 1.807) is 9.80 Å². The van der Waals surface area contributed by atoms with Crippen molar-refractivity contribution in [1.82, 2.24) is 20.2 Å². The minimum absolute atomic E-state index is 0.0279. The molecule has 0 unspecified atom stereocenters. The van der Waals surface area contributed by atoms with Crippen LogP contribution in [0.1, 0.15) is 61.3 Å². The van der Waals surface area contributed by atoms with Crippen LogP contribution in [0.2, 0.25) is 0 Å². The molecule has 1 fully saturated rings. The predicted molar refractivity (Wildman–Crippen MR) is 125 cm³/mol. The lowest BCUT2D eigenvalue weighted by molar-refractivity contribution is -0.136. The number of aromatic nitrogens is 2. The number of carbonyl (C=O) groups is 3. The number of nitrogens with one attached hydrogen (secondary N) is 1. The first-order chi connectivity index (χ1) is 15.9. The van der Waals surface area contributed by atoms with Crippen molar-refractivity contribution in [1.29, 1.82) is 0 Å². The van der Waals surface area contributed by atoms with Crippen molar-refractivity contribution < 1.29 is 14.4 Å². The SMILES string of the molecule is CC(=O)NCC(=O)N1CCCC[C@H]1c1nc(C)c2c(n1)N(CCCc1ccccc1)C(=O)C2. The third-order valence-corrected chi connectivity index (χ3v) is 6.39. The standard InChI is InChI=1S/C25H31N5O3/c1-17-20-15-22(32)30(14-8-11-19-9-4-3-5-10-19)25(20)28-24(27-17)21-12-6-7-13-29(21)23(33)16-26-18(2)31/h3-5,9-10,21H,6-8,11-16H2,1-2H3,(H,26,31)/t21-/m0/s1. The molecule has 3 amide bonds. The molecule has 0 bridgehead atoms. The van der Waals surface area contributed by atoms with Crippen LogP contribution in [0.5, 0.6) is 0 Å². The minimum Gasteiger partial charge on any atom is -0.347 e. The van der Waals surface area contributed by atoms with E-state index in [4.69, 9.17) is 9.97 Å². The van der Waals surface area contributed by atoms with E-state index in [9.17, 15) is 14.4 Å². The number of likely N-dealkylation sites (tertiary alicyclic amines) is 1. The molecule has 0 spiro atoms. The zero-order valence-electron chi connectivity index (χ0n) is 19.3. The average molecular weight is 450 g/mol. The van der Waals surface area contributed by atoms with Crippen LogP contribution >= 0.6 is 0 Å². The van der Waals surface area contributed by atoms with Crippen molar-refractivity contribution >= 4 is 23.5 Å². The second kappa shape index (κ2) is 10.1. The van der Waals surface area contributed by atoms with Crippen LogP contribution in [0.15, 0.2) is 30.3 Å². The molecular weight excluding hydrogens is 418 g/mol. The number of amides is 3. The number of nitrogens with zero attached hydrogens (tertiary/aromatic N) is 4. The van der Waals surface area contributed by atoms with Crippen molar-refractivity contribution in [3.63, 3.8) is 0 Å². The summed E-state index contributed by atoms with van der Waals surface area (Å²) in [5.74, 6) is 0.966. The summed E-state index contributed by atoms with van der Waals surface area (Å²) in [6.45, 7) is 4.50. The van der Waals surface area contributed by atoms with Crippen molar-refractivity contribution in [3.05, 3.63) is 53.0 Å². The van der Waals surface area contributed by atoms with Gasteiger partial charge in [0.2, 0.25) is 17.7 Å². The van der Waals surface area contributed by atoms with Crippen molar-refractivity contribution in [2.24, 2.45) is 0 Å². The summed E-state index contributed by atoms with van der Waals surface area (Å²) in [5.41, 5.74) is 2.93. The first-order valence-corrected chi connectivity index (χ1v) is 11.7. The van der Waals surface area contributed by atoms with Gasteiger partial charge in [-0.1, -0.05) is 30.3 Å². The Morgan fingerprint density at radius 1 is 1.15 bits per heavy atom. The highest BCUT2D eigenvalue weighted by Crippen LogP contribution is 2.34. The Kier molecular flexibility index (Phi) is 7.01. The molecule has 1 atom stereocenters. The highest BCUT2D eigenvalue weighted by atomic mass is 16.2. The monoisotopic (exact) mass is 449 g/mol. The fourth-order valence-corrected chi connectivity index (χ4v) is 4.66. The molecule has 1 aromatic heterocycles. The molecule has 174 valence electrons. The van der Waals surface area contributed by atoms with E-state index in [2.05, 4.69) is 17.4 Å². The number of piperidine rings is 1. The fraction of sp³-hybridized carbons (Fsp3) is 0.480. The first-order valence-electron chi connectivity index (χ1n) is 11.7. The molecular formula is C25H31N5O3. The molecule has 3 heterocycles. The van der Waals surface area contributed by atoms with Gasteiger partial charge in [0.1, 0.15) is 5.82 Å². The Morgan fingerprint density at radius 2 is 1.94 bits per heavy atom. The van der Waals surface area contributed by atoms with Crippen LogP contribution in [-0.4, -0.2) is 52.2 Å². The summed E-state index contributed by atoms with van der Waals surface area (Å²) in [5, 5.41) is 2.59. The Morgan fingerprint density at radius 3 is 2.70 bits per heavy atom. The molecule has 2 aliphatic heterocycles. The van der Waals surface area contributed by atoms with Gasteiger partial charge in [-0.25, -0.2) is 9.97 Å². The van der Waals surface area contributed by atoms with Crippen molar-refractivity contribution in [3.8, 4) is 0 Å². The lowest BCUT2D eigenvalue weighted by Crippen LogP contribution is -2.44. The molecule has 33 heavy (non-hydrogen) atoms. The Hall–Kier alpha value is -3.29. The van der Waals surface area contributed by atoms with Crippen LogP contribution < -0.4 is 10.2 Å². The minimum atomic E-state index is -0.245. The number of anilines is 1. The first kappa shape index (κ1) is 22.9. The molecule has 1 aromatic carbocycles. The predicted octanol–water partition coefficient (Wildman–Crippen LogP) is 2.50. The van der Waals surface area contributed by atoms with Gasteiger partial charge < -0.3 is 10.2 Å². The second-order valence-electron chi connectivity index (χ2n) is 8.79. The number of rotatable bonds is 7. The highest BCUT2D eigenvalue weighted by molar-refractivity contribution is 6.00. The number of fused-ring (bicyclic) bond motifs is 1. The van der Waals surface area contributed by atoms with E-state index in [-0.39, 0.29) is 30.3 Å². The van der Waals surface area contributed by atoms with E-state index < -0.39 is 0 Å². The van der Waals surface area contributed by atoms with Gasteiger partial charge in [0.25, 0.3) is 0 Å². The lowest BCUT2D eigenvalue weighted by atomic mass is 10.0. The topological polar surface area (TPSA) is 95.5 Å². The molecule has 8 heteroatoms. The number of aryl methyl sites for hydroxylation is 2. The molecule has 0 aliphatic carbocycles. The largest absolute Gasteiger partial charge is 0.347 e. The Labute approximate surface area is 194 Å². The smallest absolute Gasteiger partial charge is 0.242 e. The van der Waals surface area contributed by atoms with E-state index >= 15 is 0 Å². The van der Waals surface area contributed by atoms with Crippen LogP contribution in [0.25, 0.3) is 0 Å². The quantitative estimate of drug-likeness (QED) is 0.701. The molecule has 2 aliphatic rings. The van der Waals surface area contributed by atoms with Crippen molar-refractivity contribution in [2.75, 3.05) is 24.5 Å². The highest BCUT2D eigenvalue weighted by Gasteiger charge is 2.35. The second-order valence-corrected chi connectivity index (χ2v) is 8.79. The van der Waals surface area contributed by atoms with Crippen LogP contribution in [0.3, 0.4) is 0 Å². The zero-order valence-corrected chi connectivity index (χ0v) is 19.3. The Balaban J connectivity index is 1.53. The fourth-order valence-electron chi connectivity index (χ4n) is 4.66. The maximum atomic E-state index is 12.8. The number of benzene rings is 1. The van der Waals surface area contributed by atoms with Gasteiger partial charge in [-0.3, -0.25) is 19.3 Å². The number of hydrogen-bond donors (Lipinski definition) is 1. The molecule has 1 N–H and O–H groups in total. The van der Waals surface area contributed by atoms with Crippen LogP contribution in [-0.2, 0) is 27.2 Å². The van der Waals surface area contributed by atoms with E-state index in [1.165, 1.54) is 12.5 Å². The van der Waals surface area contributed by atoms with E-state index in [0.717, 1.165) is 43.4 Å². The molecule has 2 aromatic rings. The van der Waals surface area contributed by atoms with Crippen LogP contribution in [0.4, 0.5) is 5.82 Å². The summed E-state index contributed by atoms with van der Waals surface area (Å²) in [6.07, 6.45) is 4.72. The molecule has 0 saturated carbocycles. The number of carbonyl (C=O) groups excluding carboxylic acids is 3. The maximum absolute atomic E-state index is 12.8. The average Bonchev–Trinajstić information content (AvgIpc) is 3.14. The van der Waals surface area contributed by atoms with E-state index in [1.807, 2.05) is 25.1 Å². The number of hydrogen-bond acceptors (Lipinski definition) is 5. The molecule has 4 rings (SSSR count). The van der Waals surface area contributed by atoms with Gasteiger partial charge in [-0.15, -0.1) is 0 Å². The van der Waals surface area contributed by atoms with Crippen molar-refractivity contribution in [2.45, 2.75) is 58.4 Å². The summed E-state index contributed by atoms with van der Waals surface area (Å²) in [4.78, 5) is 49.9. The van der Waals surface area contributed by atoms with Crippen LogP contribution in [0, 0.1) is 6.92 Å². The summed E-state index contributed by atoms with van der Waals surface area (Å²) in [7, 11) is 0. The molecule has 8 nitrogen and oxygen atoms in total. The Bertz CT molecular complexity index is 1040. The zero-order chi connectivity index (χ0) is 23.4. The molecule has 0 radical (unpaired) electrons. The molecule has 1 saturated heterocycles. The van der Waals surface area contributed by atoms with Gasteiger partial charge in [0.15, 0.2) is 5.82 Å².